The van der Waals surface area contributed by atoms with E-state index in [1.165, 1.54) is 0 Å². The molecule has 2 aromatic heterocycles. The first-order valence-electron chi connectivity index (χ1n) is 8.48. The van der Waals surface area contributed by atoms with Crippen molar-refractivity contribution in [1.82, 2.24) is 10.1 Å². The van der Waals surface area contributed by atoms with Crippen LogP contribution in [0.3, 0.4) is 0 Å². The number of benzene rings is 1. The van der Waals surface area contributed by atoms with E-state index in [2.05, 4.69) is 10.1 Å². The summed E-state index contributed by atoms with van der Waals surface area (Å²) in [5.41, 5.74) is 2.14. The minimum atomic E-state index is -1.04. The average Bonchev–Trinajstić information content (AvgIpc) is 2.91. The van der Waals surface area contributed by atoms with Crippen LogP contribution in [0.25, 0.3) is 22.4 Å². The van der Waals surface area contributed by atoms with Gasteiger partial charge in [0.25, 0.3) is 5.71 Å². The van der Waals surface area contributed by atoms with Crippen molar-refractivity contribution < 1.29 is 23.9 Å². The lowest BCUT2D eigenvalue weighted by molar-refractivity contribution is 0.0699. The minimum Gasteiger partial charge on any atom is -0.490 e. The molecule has 3 aromatic rings. The molecule has 134 valence electrons. The normalized spacial score (nSPS) is 13.8. The molecule has 0 unspecified atom stereocenters. The molecule has 0 fully saturated rings. The fourth-order valence-electron chi connectivity index (χ4n) is 3.01. The lowest BCUT2D eigenvalue weighted by Gasteiger charge is -2.10. The van der Waals surface area contributed by atoms with Gasteiger partial charge in [-0.2, -0.15) is 0 Å². The molecule has 0 saturated heterocycles. The predicted octanol–water partition coefficient (Wildman–Crippen LogP) is 3.87. The van der Waals surface area contributed by atoms with Gasteiger partial charge in [-0.1, -0.05) is 19.0 Å². The number of carboxylic acids is 1. The molecule has 0 saturated carbocycles. The van der Waals surface area contributed by atoms with Crippen LogP contribution in [0.5, 0.6) is 11.5 Å². The van der Waals surface area contributed by atoms with Crippen LogP contribution < -0.4 is 9.47 Å². The molecule has 0 spiro atoms. The second-order valence-electron chi connectivity index (χ2n) is 6.47. The number of carboxylic acid groups (broad SMARTS) is 1. The molecular formula is C19H18N2O5. The number of nitrogens with zero attached hydrogens (tertiary/aromatic N) is 2. The second kappa shape index (κ2) is 6.33. The molecule has 0 radical (unpaired) electrons. The zero-order chi connectivity index (χ0) is 18.3. The van der Waals surface area contributed by atoms with Crippen molar-refractivity contribution in [3.05, 3.63) is 35.5 Å². The number of carbonyl (C=O) groups is 1. The van der Waals surface area contributed by atoms with E-state index in [0.29, 0.717) is 41.5 Å². The number of ether oxygens (including phenoxy) is 2. The smallest absolute Gasteiger partial charge is 0.336 e. The molecule has 3 heterocycles. The second-order valence-corrected chi connectivity index (χ2v) is 6.47. The lowest BCUT2D eigenvalue weighted by atomic mass is 10.0. The summed E-state index contributed by atoms with van der Waals surface area (Å²) in [4.78, 5) is 16.3. The summed E-state index contributed by atoms with van der Waals surface area (Å²) >= 11 is 0. The molecule has 4 rings (SSSR count). The van der Waals surface area contributed by atoms with Gasteiger partial charge >= 0.3 is 5.97 Å². The number of aromatic nitrogens is 2. The molecule has 7 nitrogen and oxygen atoms in total. The number of pyridine rings is 1. The predicted molar refractivity (Wildman–Crippen MR) is 93.9 cm³/mol. The van der Waals surface area contributed by atoms with Gasteiger partial charge in [-0.15, -0.1) is 0 Å². The Kier molecular flexibility index (Phi) is 3.99. The van der Waals surface area contributed by atoms with E-state index in [-0.39, 0.29) is 17.2 Å². The van der Waals surface area contributed by atoms with E-state index in [1.807, 2.05) is 26.0 Å². The van der Waals surface area contributed by atoms with Crippen molar-refractivity contribution in [2.45, 2.75) is 26.2 Å². The van der Waals surface area contributed by atoms with Crippen molar-refractivity contribution in [1.29, 1.82) is 0 Å². The summed E-state index contributed by atoms with van der Waals surface area (Å²) in [7, 11) is 0. The van der Waals surface area contributed by atoms with Crippen molar-refractivity contribution in [2.75, 3.05) is 13.2 Å². The Morgan fingerprint density at radius 1 is 1.15 bits per heavy atom. The summed E-state index contributed by atoms with van der Waals surface area (Å²) in [6, 6.07) is 6.99. The average molecular weight is 354 g/mol. The maximum absolute atomic E-state index is 11.8. The third kappa shape index (κ3) is 2.75. The number of hydrogen-bond acceptors (Lipinski definition) is 6. The van der Waals surface area contributed by atoms with Crippen LogP contribution in [-0.2, 0) is 0 Å². The van der Waals surface area contributed by atoms with E-state index in [4.69, 9.17) is 14.0 Å². The first-order valence-corrected chi connectivity index (χ1v) is 8.48. The summed E-state index contributed by atoms with van der Waals surface area (Å²) in [6.07, 6.45) is 0.813. The van der Waals surface area contributed by atoms with Crippen molar-refractivity contribution >= 4 is 17.1 Å². The highest BCUT2D eigenvalue weighted by Crippen LogP contribution is 2.36. The number of rotatable bonds is 3. The zero-order valence-electron chi connectivity index (χ0n) is 14.5. The van der Waals surface area contributed by atoms with Crippen molar-refractivity contribution in [2.24, 2.45) is 0 Å². The molecule has 0 atom stereocenters. The Balaban J connectivity index is 1.87. The van der Waals surface area contributed by atoms with Gasteiger partial charge in [0, 0.05) is 12.0 Å². The van der Waals surface area contributed by atoms with E-state index < -0.39 is 5.97 Å². The summed E-state index contributed by atoms with van der Waals surface area (Å²) in [5.74, 6) is 0.282. The summed E-state index contributed by atoms with van der Waals surface area (Å²) in [6.45, 7) is 5.04. The number of fused-ring (bicyclic) bond motifs is 2. The van der Waals surface area contributed by atoms with Gasteiger partial charge in [-0.05, 0) is 30.2 Å². The van der Waals surface area contributed by atoms with Gasteiger partial charge in [-0.25, -0.2) is 9.78 Å². The molecule has 1 aromatic carbocycles. The van der Waals surface area contributed by atoms with Gasteiger partial charge in [-0.3, -0.25) is 0 Å². The van der Waals surface area contributed by atoms with Crippen LogP contribution in [0.2, 0.25) is 0 Å². The van der Waals surface area contributed by atoms with Gasteiger partial charge in [0.15, 0.2) is 11.5 Å². The van der Waals surface area contributed by atoms with Crippen LogP contribution in [0, 0.1) is 0 Å². The highest BCUT2D eigenvalue weighted by atomic mass is 16.5. The lowest BCUT2D eigenvalue weighted by Crippen LogP contribution is -2.02. The van der Waals surface area contributed by atoms with E-state index in [1.54, 1.807) is 12.1 Å². The first-order chi connectivity index (χ1) is 12.5. The Hall–Kier alpha value is -3.09. The minimum absolute atomic E-state index is 0.0278. The summed E-state index contributed by atoms with van der Waals surface area (Å²) < 4.78 is 16.7. The quantitative estimate of drug-likeness (QED) is 0.763. The van der Waals surface area contributed by atoms with Crippen molar-refractivity contribution in [3.8, 4) is 22.8 Å². The highest BCUT2D eigenvalue weighted by molar-refractivity contribution is 6.03. The first kappa shape index (κ1) is 16.4. The van der Waals surface area contributed by atoms with Crippen LogP contribution in [0.1, 0.15) is 42.2 Å². The molecule has 1 aliphatic heterocycles. The third-order valence-corrected chi connectivity index (χ3v) is 4.29. The molecule has 0 amide bonds. The van der Waals surface area contributed by atoms with Crippen LogP contribution in [-0.4, -0.2) is 34.4 Å². The molecule has 0 aliphatic carbocycles. The molecule has 7 heteroatoms. The third-order valence-electron chi connectivity index (χ3n) is 4.29. The van der Waals surface area contributed by atoms with Gasteiger partial charge in [0.1, 0.15) is 0 Å². The zero-order valence-corrected chi connectivity index (χ0v) is 14.5. The fourth-order valence-corrected chi connectivity index (χ4v) is 3.01. The highest BCUT2D eigenvalue weighted by Gasteiger charge is 2.22. The monoisotopic (exact) mass is 354 g/mol. The van der Waals surface area contributed by atoms with Crippen LogP contribution >= 0.6 is 0 Å². The van der Waals surface area contributed by atoms with Gasteiger partial charge < -0.3 is 19.1 Å². The molecular weight excluding hydrogens is 336 g/mol. The van der Waals surface area contributed by atoms with E-state index in [9.17, 15) is 9.90 Å². The Labute approximate surface area is 149 Å². The number of hydrogen-bond donors (Lipinski definition) is 1. The van der Waals surface area contributed by atoms with Crippen LogP contribution in [0.4, 0.5) is 0 Å². The number of aromatic carboxylic acids is 1. The van der Waals surface area contributed by atoms with Crippen molar-refractivity contribution in [3.63, 3.8) is 0 Å². The van der Waals surface area contributed by atoms with Gasteiger partial charge in [0.05, 0.1) is 35.6 Å². The largest absolute Gasteiger partial charge is 0.490 e. The topological polar surface area (TPSA) is 94.7 Å². The van der Waals surface area contributed by atoms with E-state index in [0.717, 1.165) is 12.0 Å². The Bertz CT molecular complexity index is 993. The van der Waals surface area contributed by atoms with Gasteiger partial charge in [0.2, 0.25) is 0 Å². The Morgan fingerprint density at radius 2 is 1.92 bits per heavy atom. The molecule has 26 heavy (non-hydrogen) atoms. The molecule has 0 bridgehead atoms. The Morgan fingerprint density at radius 3 is 2.65 bits per heavy atom. The molecule has 1 aliphatic rings. The fraction of sp³-hybridized carbons (Fsp3) is 0.316. The van der Waals surface area contributed by atoms with Crippen LogP contribution in [0.15, 0.2) is 28.8 Å². The molecule has 1 N–H and O–H groups in total. The summed E-state index contributed by atoms with van der Waals surface area (Å²) in [5, 5.41) is 14.1. The SMILES string of the molecule is CC(C)c1noc2nc(-c3ccc4c(c3)OCCCO4)cc(C(=O)O)c12. The van der Waals surface area contributed by atoms with E-state index >= 15 is 0 Å². The maximum Gasteiger partial charge on any atom is 0.336 e. The standard InChI is InChI=1S/C19H18N2O5/c1-10(2)17-16-12(19(22)23)9-13(20-18(16)26-21-17)11-4-5-14-15(8-11)25-7-3-6-24-14/h4-5,8-10H,3,6-7H2,1-2H3,(H,22,23). The maximum atomic E-state index is 11.8.